The van der Waals surface area contributed by atoms with Gasteiger partial charge in [-0.05, 0) is 78.1 Å². The Labute approximate surface area is 226 Å². The third kappa shape index (κ3) is 6.10. The molecule has 1 amide bonds. The summed E-state index contributed by atoms with van der Waals surface area (Å²) in [5, 5.41) is 0.00140. The van der Waals surface area contributed by atoms with Crippen LogP contribution < -0.4 is 4.74 Å². The van der Waals surface area contributed by atoms with Crippen molar-refractivity contribution >= 4 is 23.3 Å². The minimum Gasteiger partial charge on any atom is -0.493 e. The van der Waals surface area contributed by atoms with Crippen molar-refractivity contribution in [2.75, 3.05) is 13.7 Å². The summed E-state index contributed by atoms with van der Waals surface area (Å²) >= 11 is 6.04. The minimum absolute atomic E-state index is 0.00140. The lowest BCUT2D eigenvalue weighted by Gasteiger charge is -2.35. The first-order valence-corrected chi connectivity index (χ1v) is 12.4. The van der Waals surface area contributed by atoms with Crippen molar-refractivity contribution in [1.82, 2.24) is 14.9 Å². The smallest absolute Gasteiger partial charge is 0.416 e. The summed E-state index contributed by atoms with van der Waals surface area (Å²) in [4.78, 5) is 22.5. The van der Waals surface area contributed by atoms with Gasteiger partial charge in [0.15, 0.2) is 5.75 Å². The molecule has 0 bridgehead atoms. The summed E-state index contributed by atoms with van der Waals surface area (Å²) < 4.78 is 91.3. The van der Waals surface area contributed by atoms with Crippen molar-refractivity contribution in [3.8, 4) is 5.75 Å². The molecular formula is C26H26ClF6N3O3. The van der Waals surface area contributed by atoms with Crippen LogP contribution in [-0.4, -0.2) is 40.7 Å². The topological polar surface area (TPSA) is 64.6 Å². The maximum atomic E-state index is 13.4. The lowest BCUT2D eigenvalue weighted by atomic mass is 9.73. The van der Waals surface area contributed by atoms with Gasteiger partial charge in [-0.25, -0.2) is 14.8 Å². The van der Waals surface area contributed by atoms with E-state index in [0.29, 0.717) is 36.4 Å². The van der Waals surface area contributed by atoms with Crippen LogP contribution in [0.15, 0.2) is 30.0 Å². The zero-order valence-electron chi connectivity index (χ0n) is 21.5. The van der Waals surface area contributed by atoms with Gasteiger partial charge >= 0.3 is 18.4 Å². The fraction of sp³-hybridized carbons (Fsp3) is 0.500. The number of carbonyl (C=O) groups is 1. The molecular weight excluding hydrogens is 552 g/mol. The number of ether oxygens (including phenoxy) is 2. The van der Waals surface area contributed by atoms with Crippen molar-refractivity contribution in [3.63, 3.8) is 0 Å². The molecule has 4 rings (SSSR count). The van der Waals surface area contributed by atoms with Crippen molar-refractivity contribution in [3.05, 3.63) is 57.6 Å². The molecule has 39 heavy (non-hydrogen) atoms. The molecule has 1 saturated heterocycles. The maximum Gasteiger partial charge on any atom is 0.416 e. The molecule has 13 heteroatoms. The van der Waals surface area contributed by atoms with E-state index in [-0.39, 0.29) is 28.9 Å². The third-order valence-corrected chi connectivity index (χ3v) is 7.28. The van der Waals surface area contributed by atoms with E-state index in [2.05, 4.69) is 23.8 Å². The number of hydrogen-bond acceptors (Lipinski definition) is 5. The fourth-order valence-electron chi connectivity index (χ4n) is 5.07. The Morgan fingerprint density at radius 1 is 1.13 bits per heavy atom. The van der Waals surface area contributed by atoms with Crippen LogP contribution in [0, 0.1) is 5.41 Å². The van der Waals surface area contributed by atoms with E-state index >= 15 is 0 Å². The molecule has 0 spiro atoms. The molecule has 0 N–H and O–H groups in total. The largest absolute Gasteiger partial charge is 0.493 e. The maximum absolute atomic E-state index is 13.4. The Balaban J connectivity index is 1.73. The molecule has 212 valence electrons. The van der Waals surface area contributed by atoms with Gasteiger partial charge in [-0.2, -0.15) is 26.3 Å². The Hall–Kier alpha value is -3.02. The van der Waals surface area contributed by atoms with Crippen LogP contribution in [0.4, 0.5) is 31.1 Å². The number of allylic oxidation sites excluding steroid dienone is 1. The fourth-order valence-corrected chi connectivity index (χ4v) is 5.21. The Morgan fingerprint density at radius 2 is 1.74 bits per heavy atom. The normalized spacial score (nSPS) is 21.8. The SMILES string of the molecule is COc1cnc(Cl)nc1C1=C(CN2C(=O)O[C@H](c3cc(C(F)(F)F)cc(C(F)(F)F)c3)[C@@H]2C)CC(C)(C)CC1. The highest BCUT2D eigenvalue weighted by molar-refractivity contribution is 6.28. The Kier molecular flexibility index (Phi) is 7.57. The average molecular weight is 578 g/mol. The van der Waals surface area contributed by atoms with Crippen LogP contribution in [0.2, 0.25) is 5.28 Å². The van der Waals surface area contributed by atoms with Crippen LogP contribution in [0.3, 0.4) is 0 Å². The number of methoxy groups -OCH3 is 1. The minimum atomic E-state index is -5.02. The summed E-state index contributed by atoms with van der Waals surface area (Å²) in [7, 11) is 1.46. The highest BCUT2D eigenvalue weighted by atomic mass is 35.5. The number of halogens is 7. The summed E-state index contributed by atoms with van der Waals surface area (Å²) in [6, 6.07) is 0.367. The molecule has 2 heterocycles. The molecule has 1 fully saturated rings. The van der Waals surface area contributed by atoms with Crippen LogP contribution >= 0.6 is 11.6 Å². The van der Waals surface area contributed by atoms with E-state index in [4.69, 9.17) is 21.1 Å². The molecule has 2 aromatic rings. The predicted molar refractivity (Wildman–Crippen MR) is 130 cm³/mol. The van der Waals surface area contributed by atoms with E-state index in [0.717, 1.165) is 17.6 Å². The molecule has 1 aliphatic heterocycles. The van der Waals surface area contributed by atoms with Crippen molar-refractivity contribution in [1.29, 1.82) is 0 Å². The van der Waals surface area contributed by atoms with Crippen LogP contribution in [-0.2, 0) is 17.1 Å². The molecule has 1 aromatic heterocycles. The number of carbonyl (C=O) groups excluding carboxylic acids is 1. The Morgan fingerprint density at radius 3 is 2.31 bits per heavy atom. The number of amides is 1. The molecule has 1 aromatic carbocycles. The van der Waals surface area contributed by atoms with Crippen molar-refractivity contribution in [2.45, 2.75) is 64.5 Å². The quantitative estimate of drug-likeness (QED) is 0.269. The van der Waals surface area contributed by atoms with Gasteiger partial charge in [-0.1, -0.05) is 13.8 Å². The second kappa shape index (κ2) is 10.2. The first-order valence-electron chi connectivity index (χ1n) is 12.0. The number of benzene rings is 1. The highest BCUT2D eigenvalue weighted by Gasteiger charge is 2.44. The molecule has 1 aliphatic carbocycles. The molecule has 0 radical (unpaired) electrons. The standard InChI is InChI=1S/C26H26ClF6N3O3/c1-13-21(14-7-16(25(28,29)30)9-17(8-14)26(31,32)33)39-23(37)36(13)12-15-10-24(2,3)6-5-18(15)20-19(38-4)11-34-22(27)35-20/h7-9,11,13,21H,5-6,10,12H2,1-4H3/t13-,21-/m0/s1. The van der Waals surface area contributed by atoms with E-state index in [1.807, 2.05) is 0 Å². The summed E-state index contributed by atoms with van der Waals surface area (Å²) in [5.74, 6) is 0.380. The molecule has 2 atom stereocenters. The molecule has 6 nitrogen and oxygen atoms in total. The molecule has 2 aliphatic rings. The number of rotatable bonds is 5. The number of nitrogens with zero attached hydrogens (tertiary/aromatic N) is 3. The van der Waals surface area contributed by atoms with Crippen molar-refractivity contribution in [2.24, 2.45) is 5.41 Å². The van der Waals surface area contributed by atoms with Gasteiger partial charge in [0.05, 0.1) is 30.5 Å². The highest BCUT2D eigenvalue weighted by Crippen LogP contribution is 2.46. The van der Waals surface area contributed by atoms with Crippen LogP contribution in [0.1, 0.15) is 68.5 Å². The van der Waals surface area contributed by atoms with E-state index in [1.165, 1.54) is 25.1 Å². The second-order valence-electron chi connectivity index (χ2n) is 10.5. The number of hydrogen-bond donors (Lipinski definition) is 0. The van der Waals surface area contributed by atoms with Gasteiger partial charge in [0.1, 0.15) is 11.8 Å². The lowest BCUT2D eigenvalue weighted by molar-refractivity contribution is -0.143. The summed E-state index contributed by atoms with van der Waals surface area (Å²) in [6.45, 7) is 5.68. The Bertz CT molecular complexity index is 1280. The summed E-state index contributed by atoms with van der Waals surface area (Å²) in [6.07, 6.45) is -8.87. The number of alkyl halides is 6. The molecule has 0 saturated carbocycles. The molecule has 0 unspecified atom stereocenters. The predicted octanol–water partition coefficient (Wildman–Crippen LogP) is 7.72. The first-order chi connectivity index (χ1) is 18.0. The number of aromatic nitrogens is 2. The van der Waals surface area contributed by atoms with Gasteiger partial charge in [0.2, 0.25) is 5.28 Å². The third-order valence-electron chi connectivity index (χ3n) is 7.09. The monoisotopic (exact) mass is 577 g/mol. The van der Waals surface area contributed by atoms with Gasteiger partial charge in [-0.3, -0.25) is 4.90 Å². The lowest BCUT2D eigenvalue weighted by Crippen LogP contribution is -2.35. The van der Waals surface area contributed by atoms with Crippen LogP contribution in [0.5, 0.6) is 5.75 Å². The average Bonchev–Trinajstić information content (AvgIpc) is 3.10. The first kappa shape index (κ1) is 29.0. The number of cyclic esters (lactones) is 1. The van der Waals surface area contributed by atoms with Crippen LogP contribution in [0.25, 0.3) is 5.57 Å². The van der Waals surface area contributed by atoms with Gasteiger partial charge in [-0.15, -0.1) is 0 Å². The van der Waals surface area contributed by atoms with E-state index < -0.39 is 41.7 Å². The van der Waals surface area contributed by atoms with Gasteiger partial charge in [0.25, 0.3) is 0 Å². The van der Waals surface area contributed by atoms with E-state index in [9.17, 15) is 31.1 Å². The van der Waals surface area contributed by atoms with Gasteiger partial charge in [0, 0.05) is 6.54 Å². The zero-order valence-corrected chi connectivity index (χ0v) is 22.3. The van der Waals surface area contributed by atoms with Gasteiger partial charge < -0.3 is 9.47 Å². The second-order valence-corrected chi connectivity index (χ2v) is 10.8. The van der Waals surface area contributed by atoms with E-state index in [1.54, 1.807) is 0 Å². The zero-order chi connectivity index (χ0) is 28.9. The summed E-state index contributed by atoms with van der Waals surface area (Å²) in [5.41, 5.74) is -1.41. The van der Waals surface area contributed by atoms with Crippen molar-refractivity contribution < 1.29 is 40.6 Å².